The van der Waals surface area contributed by atoms with E-state index >= 15 is 0 Å². The largest absolute Gasteiger partial charge is 0.386 e. The Balaban J connectivity index is 2.79. The standard InChI is InChI=1S/C9H13NO2/c1-7-4-2-3-5-8(7)9(11)6-12-10/h2-5,9,11H,6,10H2,1H3. The number of aliphatic hydroxyl groups is 1. The maximum absolute atomic E-state index is 9.50. The van der Waals surface area contributed by atoms with Gasteiger partial charge < -0.3 is 9.94 Å². The number of nitrogens with two attached hydrogens (primary N) is 1. The Morgan fingerprint density at radius 1 is 1.50 bits per heavy atom. The van der Waals surface area contributed by atoms with Gasteiger partial charge in [-0.15, -0.1) is 0 Å². The van der Waals surface area contributed by atoms with E-state index in [4.69, 9.17) is 5.90 Å². The first kappa shape index (κ1) is 9.19. The molecule has 0 amide bonds. The maximum Gasteiger partial charge on any atom is 0.105 e. The Morgan fingerprint density at radius 2 is 2.17 bits per heavy atom. The molecule has 0 aromatic heterocycles. The molecule has 0 aliphatic rings. The van der Waals surface area contributed by atoms with Gasteiger partial charge in [-0.05, 0) is 18.1 Å². The quantitative estimate of drug-likeness (QED) is 0.658. The molecular weight excluding hydrogens is 154 g/mol. The molecule has 66 valence electrons. The molecule has 0 fully saturated rings. The SMILES string of the molecule is Cc1ccccc1C(O)CON. The molecule has 1 rings (SSSR count). The summed E-state index contributed by atoms with van der Waals surface area (Å²) in [7, 11) is 0. The zero-order chi connectivity index (χ0) is 8.97. The van der Waals surface area contributed by atoms with Crippen molar-refractivity contribution in [2.75, 3.05) is 6.61 Å². The molecule has 0 aliphatic heterocycles. The van der Waals surface area contributed by atoms with Crippen molar-refractivity contribution < 1.29 is 9.94 Å². The molecule has 0 radical (unpaired) electrons. The van der Waals surface area contributed by atoms with Gasteiger partial charge in [-0.2, -0.15) is 0 Å². The van der Waals surface area contributed by atoms with Gasteiger partial charge in [-0.25, -0.2) is 5.90 Å². The molecule has 3 heteroatoms. The predicted molar refractivity (Wildman–Crippen MR) is 46.3 cm³/mol. The average molecular weight is 167 g/mol. The van der Waals surface area contributed by atoms with Crippen LogP contribution in [0.3, 0.4) is 0 Å². The number of rotatable bonds is 3. The first-order chi connectivity index (χ1) is 5.75. The van der Waals surface area contributed by atoms with Crippen LogP contribution in [0.2, 0.25) is 0 Å². The molecule has 3 nitrogen and oxygen atoms in total. The number of aliphatic hydroxyl groups excluding tert-OH is 1. The van der Waals surface area contributed by atoms with Gasteiger partial charge in [0.15, 0.2) is 0 Å². The van der Waals surface area contributed by atoms with Gasteiger partial charge in [0.1, 0.15) is 6.10 Å². The Hall–Kier alpha value is -0.900. The number of hydrogen-bond donors (Lipinski definition) is 2. The van der Waals surface area contributed by atoms with Crippen molar-refractivity contribution >= 4 is 0 Å². The van der Waals surface area contributed by atoms with Crippen LogP contribution in [0.1, 0.15) is 17.2 Å². The lowest BCUT2D eigenvalue weighted by atomic mass is 10.0. The van der Waals surface area contributed by atoms with Gasteiger partial charge in [0.05, 0.1) is 6.61 Å². The van der Waals surface area contributed by atoms with Gasteiger partial charge >= 0.3 is 0 Å². The third-order valence-corrected chi connectivity index (χ3v) is 1.80. The smallest absolute Gasteiger partial charge is 0.105 e. The second kappa shape index (κ2) is 4.21. The van der Waals surface area contributed by atoms with Gasteiger partial charge in [0.25, 0.3) is 0 Å². The van der Waals surface area contributed by atoms with E-state index in [9.17, 15) is 5.11 Å². The summed E-state index contributed by atoms with van der Waals surface area (Å²) in [5, 5.41) is 9.50. The van der Waals surface area contributed by atoms with E-state index in [0.29, 0.717) is 0 Å². The monoisotopic (exact) mass is 167 g/mol. The van der Waals surface area contributed by atoms with E-state index < -0.39 is 6.10 Å². The first-order valence-electron chi connectivity index (χ1n) is 3.81. The number of benzene rings is 1. The van der Waals surface area contributed by atoms with Crippen molar-refractivity contribution in [3.8, 4) is 0 Å². The van der Waals surface area contributed by atoms with Gasteiger partial charge in [-0.3, -0.25) is 0 Å². The summed E-state index contributed by atoms with van der Waals surface area (Å²) in [6, 6.07) is 7.60. The molecule has 1 aromatic carbocycles. The lowest BCUT2D eigenvalue weighted by molar-refractivity contribution is 0.0356. The topological polar surface area (TPSA) is 55.5 Å². The van der Waals surface area contributed by atoms with Gasteiger partial charge in [0, 0.05) is 0 Å². The van der Waals surface area contributed by atoms with Crippen LogP contribution in [0, 0.1) is 6.92 Å². The van der Waals surface area contributed by atoms with Crippen molar-refractivity contribution in [2.24, 2.45) is 5.90 Å². The second-order valence-corrected chi connectivity index (χ2v) is 2.71. The van der Waals surface area contributed by atoms with Crippen molar-refractivity contribution in [3.05, 3.63) is 35.4 Å². The zero-order valence-corrected chi connectivity index (χ0v) is 7.03. The van der Waals surface area contributed by atoms with Crippen LogP contribution in [0.25, 0.3) is 0 Å². The van der Waals surface area contributed by atoms with E-state index in [-0.39, 0.29) is 6.61 Å². The molecule has 0 spiro atoms. The minimum absolute atomic E-state index is 0.130. The van der Waals surface area contributed by atoms with Crippen molar-refractivity contribution in [3.63, 3.8) is 0 Å². The summed E-state index contributed by atoms with van der Waals surface area (Å²) in [5.41, 5.74) is 1.91. The molecule has 3 N–H and O–H groups in total. The Kier molecular flexibility index (Phi) is 3.22. The summed E-state index contributed by atoms with van der Waals surface area (Å²) in [5.74, 6) is 4.86. The molecule has 0 saturated heterocycles. The van der Waals surface area contributed by atoms with E-state index in [1.165, 1.54) is 0 Å². The molecular formula is C9H13NO2. The van der Waals surface area contributed by atoms with E-state index in [1.807, 2.05) is 31.2 Å². The Morgan fingerprint density at radius 3 is 2.75 bits per heavy atom. The molecule has 1 aromatic rings. The van der Waals surface area contributed by atoms with E-state index in [1.54, 1.807) is 0 Å². The lowest BCUT2D eigenvalue weighted by Crippen LogP contribution is -2.11. The second-order valence-electron chi connectivity index (χ2n) is 2.71. The maximum atomic E-state index is 9.50. The predicted octanol–water partition coefficient (Wildman–Crippen LogP) is 0.919. The molecule has 1 atom stereocenters. The Labute approximate surface area is 71.7 Å². The highest BCUT2D eigenvalue weighted by atomic mass is 16.6. The summed E-state index contributed by atoms with van der Waals surface area (Å²) in [6.07, 6.45) is -0.629. The minimum atomic E-state index is -0.629. The van der Waals surface area contributed by atoms with Gasteiger partial charge in [0.2, 0.25) is 0 Å². The summed E-state index contributed by atoms with van der Waals surface area (Å²) < 4.78 is 0. The molecule has 1 unspecified atom stereocenters. The van der Waals surface area contributed by atoms with Crippen LogP contribution >= 0.6 is 0 Å². The molecule has 0 heterocycles. The normalized spacial score (nSPS) is 12.9. The van der Waals surface area contributed by atoms with Crippen LogP contribution in [-0.4, -0.2) is 11.7 Å². The summed E-state index contributed by atoms with van der Waals surface area (Å²) in [4.78, 5) is 4.36. The molecule has 0 aliphatic carbocycles. The van der Waals surface area contributed by atoms with Gasteiger partial charge in [-0.1, -0.05) is 24.3 Å². The fourth-order valence-corrected chi connectivity index (χ4v) is 1.14. The van der Waals surface area contributed by atoms with Crippen molar-refractivity contribution in [1.29, 1.82) is 0 Å². The summed E-state index contributed by atoms with van der Waals surface area (Å²) in [6.45, 7) is 2.07. The highest BCUT2D eigenvalue weighted by Crippen LogP contribution is 2.16. The molecule has 12 heavy (non-hydrogen) atoms. The number of hydrogen-bond acceptors (Lipinski definition) is 3. The van der Waals surface area contributed by atoms with Crippen molar-refractivity contribution in [2.45, 2.75) is 13.0 Å². The summed E-state index contributed by atoms with van der Waals surface area (Å²) >= 11 is 0. The highest BCUT2D eigenvalue weighted by Gasteiger charge is 2.08. The highest BCUT2D eigenvalue weighted by molar-refractivity contribution is 5.27. The first-order valence-corrected chi connectivity index (χ1v) is 3.81. The fraction of sp³-hybridized carbons (Fsp3) is 0.333. The Bertz CT molecular complexity index is 250. The van der Waals surface area contributed by atoms with Crippen molar-refractivity contribution in [1.82, 2.24) is 0 Å². The third kappa shape index (κ3) is 2.04. The average Bonchev–Trinajstić information content (AvgIpc) is 2.05. The minimum Gasteiger partial charge on any atom is -0.386 e. The van der Waals surface area contributed by atoms with Crippen LogP contribution in [0.4, 0.5) is 0 Å². The van der Waals surface area contributed by atoms with Crippen LogP contribution in [0.15, 0.2) is 24.3 Å². The van der Waals surface area contributed by atoms with E-state index in [0.717, 1.165) is 11.1 Å². The third-order valence-electron chi connectivity index (χ3n) is 1.80. The van der Waals surface area contributed by atoms with Crippen LogP contribution < -0.4 is 5.90 Å². The van der Waals surface area contributed by atoms with E-state index in [2.05, 4.69) is 4.84 Å². The lowest BCUT2D eigenvalue weighted by Gasteiger charge is -2.11. The van der Waals surface area contributed by atoms with Crippen LogP contribution in [-0.2, 0) is 4.84 Å². The zero-order valence-electron chi connectivity index (χ0n) is 7.03. The van der Waals surface area contributed by atoms with Crippen LogP contribution in [0.5, 0.6) is 0 Å². The molecule has 0 bridgehead atoms. The molecule has 0 saturated carbocycles. The number of aryl methyl sites for hydroxylation is 1. The fourth-order valence-electron chi connectivity index (χ4n) is 1.14.